The van der Waals surface area contributed by atoms with E-state index in [4.69, 9.17) is 8.94 Å². The minimum atomic E-state index is -1.29. The van der Waals surface area contributed by atoms with Crippen molar-refractivity contribution in [3.63, 3.8) is 0 Å². The normalized spacial score (nSPS) is 11.2. The fourth-order valence-corrected chi connectivity index (χ4v) is 2.28. The van der Waals surface area contributed by atoms with Crippen molar-refractivity contribution < 1.29 is 18.8 Å². The first-order chi connectivity index (χ1) is 9.47. The second-order valence-electron chi connectivity index (χ2n) is 4.62. The average molecular weight is 271 g/mol. The monoisotopic (exact) mass is 271 g/mol. The van der Waals surface area contributed by atoms with Crippen molar-refractivity contribution in [3.05, 3.63) is 34.9 Å². The summed E-state index contributed by atoms with van der Waals surface area (Å²) in [6, 6.07) is 3.25. The molecular weight excluding hydrogens is 260 g/mol. The number of pyridine rings is 1. The maximum atomic E-state index is 11.3. The van der Waals surface area contributed by atoms with Crippen LogP contribution in [0.2, 0.25) is 0 Å². The Balaban J connectivity index is 2.33. The zero-order chi connectivity index (χ0) is 14.4. The van der Waals surface area contributed by atoms with E-state index in [-0.39, 0.29) is 11.3 Å². The number of carboxylic acid groups (broad SMARTS) is 1. The van der Waals surface area contributed by atoms with E-state index in [0.717, 1.165) is 11.3 Å². The number of carbonyl (C=O) groups is 1. The average Bonchev–Trinajstić information content (AvgIpc) is 2.92. The fraction of sp³-hybridized carbons (Fsp3) is 0.214. The topological polar surface area (TPSA) is 92.2 Å². The second kappa shape index (κ2) is 4.19. The van der Waals surface area contributed by atoms with Gasteiger partial charge in [0.2, 0.25) is 0 Å². The first-order valence-corrected chi connectivity index (χ1v) is 6.03. The highest BCUT2D eigenvalue weighted by Crippen LogP contribution is 2.30. The Morgan fingerprint density at radius 3 is 2.60 bits per heavy atom. The van der Waals surface area contributed by atoms with E-state index in [1.54, 1.807) is 19.9 Å². The van der Waals surface area contributed by atoms with Crippen LogP contribution >= 0.6 is 0 Å². The largest absolute Gasteiger partial charge is 0.545 e. The van der Waals surface area contributed by atoms with Crippen molar-refractivity contribution in [1.82, 2.24) is 10.1 Å². The predicted molar refractivity (Wildman–Crippen MR) is 68.0 cm³/mol. The summed E-state index contributed by atoms with van der Waals surface area (Å²) in [4.78, 5) is 15.6. The SMILES string of the molecule is Cc1cc(-c2cc(C(=O)[O-])c3c(C)noc3n2)c(C)o1. The number of aromatic nitrogens is 2. The van der Waals surface area contributed by atoms with Crippen LogP contribution in [-0.4, -0.2) is 16.1 Å². The molecule has 0 bridgehead atoms. The molecule has 102 valence electrons. The lowest BCUT2D eigenvalue weighted by Gasteiger charge is -2.06. The zero-order valence-electron chi connectivity index (χ0n) is 11.2. The van der Waals surface area contributed by atoms with Crippen molar-refractivity contribution >= 4 is 17.1 Å². The summed E-state index contributed by atoms with van der Waals surface area (Å²) in [6.45, 7) is 5.26. The molecule has 3 aromatic rings. The molecule has 0 aliphatic rings. The Labute approximate surface area is 114 Å². The molecule has 0 radical (unpaired) electrons. The van der Waals surface area contributed by atoms with Crippen LogP contribution < -0.4 is 5.11 Å². The molecule has 0 amide bonds. The Kier molecular flexibility index (Phi) is 2.60. The minimum absolute atomic E-state index is 0.0157. The van der Waals surface area contributed by atoms with Gasteiger partial charge >= 0.3 is 0 Å². The molecule has 6 heteroatoms. The van der Waals surface area contributed by atoms with Gasteiger partial charge in [-0.05, 0) is 32.9 Å². The second-order valence-corrected chi connectivity index (χ2v) is 4.62. The van der Waals surface area contributed by atoms with Gasteiger partial charge in [-0.1, -0.05) is 5.16 Å². The highest BCUT2D eigenvalue weighted by molar-refractivity contribution is 6.02. The molecule has 3 heterocycles. The molecule has 3 rings (SSSR count). The van der Waals surface area contributed by atoms with E-state index < -0.39 is 5.97 Å². The van der Waals surface area contributed by atoms with Crippen molar-refractivity contribution in [2.75, 3.05) is 0 Å². The molecule has 0 unspecified atom stereocenters. The van der Waals surface area contributed by atoms with Gasteiger partial charge in [0.05, 0.1) is 22.7 Å². The molecule has 0 aliphatic carbocycles. The van der Waals surface area contributed by atoms with Crippen molar-refractivity contribution in [1.29, 1.82) is 0 Å². The molecule has 3 aromatic heterocycles. The maximum absolute atomic E-state index is 11.3. The predicted octanol–water partition coefficient (Wildman–Crippen LogP) is 1.77. The smallest absolute Gasteiger partial charge is 0.259 e. The van der Waals surface area contributed by atoms with E-state index in [0.29, 0.717) is 22.5 Å². The molecule has 6 nitrogen and oxygen atoms in total. The summed E-state index contributed by atoms with van der Waals surface area (Å²) in [7, 11) is 0. The van der Waals surface area contributed by atoms with Gasteiger partial charge in [-0.15, -0.1) is 0 Å². The lowest BCUT2D eigenvalue weighted by Crippen LogP contribution is -2.22. The summed E-state index contributed by atoms with van der Waals surface area (Å²) < 4.78 is 10.5. The molecule has 0 fully saturated rings. The number of hydrogen-bond acceptors (Lipinski definition) is 6. The number of carboxylic acids is 1. The number of carbonyl (C=O) groups excluding carboxylic acids is 1. The zero-order valence-corrected chi connectivity index (χ0v) is 11.2. The van der Waals surface area contributed by atoms with Gasteiger partial charge in [-0.25, -0.2) is 4.98 Å². The van der Waals surface area contributed by atoms with Gasteiger partial charge in [0.1, 0.15) is 11.5 Å². The minimum Gasteiger partial charge on any atom is -0.545 e. The number of hydrogen-bond donors (Lipinski definition) is 0. The Bertz CT molecular complexity index is 829. The number of furan rings is 1. The quantitative estimate of drug-likeness (QED) is 0.705. The summed E-state index contributed by atoms with van der Waals surface area (Å²) in [6.07, 6.45) is 0. The molecule has 0 spiro atoms. The molecule has 0 N–H and O–H groups in total. The summed E-state index contributed by atoms with van der Waals surface area (Å²) in [5.41, 5.74) is 1.85. The Hall–Kier alpha value is -2.63. The van der Waals surface area contributed by atoms with E-state index in [1.807, 2.05) is 6.92 Å². The molecular formula is C14H11N2O4-. The number of nitrogens with zero attached hydrogens (tertiary/aromatic N) is 2. The molecule has 0 saturated heterocycles. The first-order valence-electron chi connectivity index (χ1n) is 6.03. The Morgan fingerprint density at radius 1 is 1.25 bits per heavy atom. The lowest BCUT2D eigenvalue weighted by atomic mass is 10.1. The Morgan fingerprint density at radius 2 is 2.00 bits per heavy atom. The number of fused-ring (bicyclic) bond motifs is 1. The lowest BCUT2D eigenvalue weighted by molar-refractivity contribution is -0.254. The van der Waals surface area contributed by atoms with Crippen LogP contribution in [-0.2, 0) is 0 Å². The van der Waals surface area contributed by atoms with Crippen LogP contribution in [0.25, 0.3) is 22.4 Å². The third-order valence-corrected chi connectivity index (χ3v) is 3.15. The van der Waals surface area contributed by atoms with Gasteiger partial charge in [0.15, 0.2) is 0 Å². The van der Waals surface area contributed by atoms with Gasteiger partial charge < -0.3 is 18.8 Å². The van der Waals surface area contributed by atoms with Crippen LogP contribution in [0, 0.1) is 20.8 Å². The maximum Gasteiger partial charge on any atom is 0.259 e. The van der Waals surface area contributed by atoms with Gasteiger partial charge in [0, 0.05) is 11.1 Å². The third-order valence-electron chi connectivity index (χ3n) is 3.15. The van der Waals surface area contributed by atoms with Crippen LogP contribution in [0.15, 0.2) is 21.1 Å². The summed E-state index contributed by atoms with van der Waals surface area (Å²) in [5.74, 6) is 0.0980. The van der Waals surface area contributed by atoms with E-state index in [2.05, 4.69) is 10.1 Å². The highest BCUT2D eigenvalue weighted by Gasteiger charge is 2.17. The molecule has 0 saturated carbocycles. The number of rotatable bonds is 2. The molecule has 0 aromatic carbocycles. The van der Waals surface area contributed by atoms with Gasteiger partial charge in [-0.3, -0.25) is 0 Å². The summed E-state index contributed by atoms with van der Waals surface area (Å²) >= 11 is 0. The highest BCUT2D eigenvalue weighted by atomic mass is 16.5. The van der Waals surface area contributed by atoms with Gasteiger partial charge in [0.25, 0.3) is 5.71 Å². The van der Waals surface area contributed by atoms with Crippen molar-refractivity contribution in [2.24, 2.45) is 0 Å². The van der Waals surface area contributed by atoms with E-state index >= 15 is 0 Å². The number of aryl methyl sites for hydroxylation is 3. The summed E-state index contributed by atoms with van der Waals surface area (Å²) in [5, 5.41) is 15.4. The van der Waals surface area contributed by atoms with Crippen molar-refractivity contribution in [3.8, 4) is 11.3 Å². The third kappa shape index (κ3) is 1.77. The molecule has 20 heavy (non-hydrogen) atoms. The first kappa shape index (κ1) is 12.4. The van der Waals surface area contributed by atoms with Gasteiger partial charge in [-0.2, -0.15) is 0 Å². The van der Waals surface area contributed by atoms with E-state index in [1.165, 1.54) is 6.07 Å². The van der Waals surface area contributed by atoms with Crippen LogP contribution in [0.5, 0.6) is 0 Å². The number of aromatic carboxylic acids is 1. The molecule has 0 atom stereocenters. The van der Waals surface area contributed by atoms with E-state index in [9.17, 15) is 9.90 Å². The fourth-order valence-electron chi connectivity index (χ4n) is 2.28. The standard InChI is InChI=1S/C14H12N2O4/c1-6-4-9(8(3)19-6)11-5-10(14(17)18)12-7(2)16-20-13(12)15-11/h4-5H,1-3H3,(H,17,18)/p-1. The van der Waals surface area contributed by atoms with Crippen LogP contribution in [0.1, 0.15) is 27.6 Å². The molecule has 0 aliphatic heterocycles. The van der Waals surface area contributed by atoms with Crippen LogP contribution in [0.3, 0.4) is 0 Å². The van der Waals surface area contributed by atoms with Crippen LogP contribution in [0.4, 0.5) is 0 Å². The van der Waals surface area contributed by atoms with Crippen molar-refractivity contribution in [2.45, 2.75) is 20.8 Å².